The number of nitrogens with two attached hydrogens (primary N) is 1. The molecule has 7 heteroatoms. The summed E-state index contributed by atoms with van der Waals surface area (Å²) in [4.78, 5) is 14.9. The molecule has 1 fully saturated rings. The molecule has 17 heavy (non-hydrogen) atoms. The molecule has 0 aliphatic carbocycles. The van der Waals surface area contributed by atoms with Crippen LogP contribution in [-0.2, 0) is 9.53 Å². The van der Waals surface area contributed by atoms with E-state index in [-0.39, 0.29) is 6.04 Å². The second kappa shape index (κ2) is 5.44. The van der Waals surface area contributed by atoms with Gasteiger partial charge < -0.3 is 20.9 Å². The van der Waals surface area contributed by atoms with E-state index in [1.807, 2.05) is 0 Å². The maximum atomic E-state index is 10.7. The van der Waals surface area contributed by atoms with E-state index >= 15 is 0 Å². The number of hydrogen-bond donors (Lipinski definition) is 3. The Morgan fingerprint density at radius 1 is 1.76 bits per heavy atom. The molecule has 2 atom stereocenters. The maximum absolute atomic E-state index is 10.7. The molecule has 0 amide bonds. The topological polar surface area (TPSA) is 97.5 Å². The fraction of sp³-hybridized carbons (Fsp3) is 0.600. The first-order valence-corrected chi connectivity index (χ1v) is 6.33. The second-order valence-corrected chi connectivity index (χ2v) is 4.81. The van der Waals surface area contributed by atoms with Gasteiger partial charge in [-0.1, -0.05) is 0 Å². The zero-order valence-corrected chi connectivity index (χ0v) is 10.1. The van der Waals surface area contributed by atoms with Crippen LogP contribution in [0.2, 0.25) is 0 Å². The van der Waals surface area contributed by atoms with Crippen molar-refractivity contribution in [3.63, 3.8) is 0 Å². The second-order valence-electron chi connectivity index (χ2n) is 3.95. The van der Waals surface area contributed by atoms with Crippen LogP contribution in [0.1, 0.15) is 24.6 Å². The number of carbonyl (C=O) groups is 1. The summed E-state index contributed by atoms with van der Waals surface area (Å²) < 4.78 is 5.34. The van der Waals surface area contributed by atoms with E-state index in [4.69, 9.17) is 15.6 Å². The first kappa shape index (κ1) is 12.3. The number of nitrogens with one attached hydrogen (secondary N) is 1. The van der Waals surface area contributed by atoms with Gasteiger partial charge in [0.2, 0.25) is 0 Å². The molecule has 0 bridgehead atoms. The summed E-state index contributed by atoms with van der Waals surface area (Å²) in [5, 5.41) is 14.4. The maximum Gasteiger partial charge on any atom is 0.326 e. The lowest BCUT2D eigenvalue weighted by Gasteiger charge is -2.22. The third-order valence-electron chi connectivity index (χ3n) is 2.59. The van der Waals surface area contributed by atoms with Gasteiger partial charge in [0.1, 0.15) is 6.04 Å². The summed E-state index contributed by atoms with van der Waals surface area (Å²) in [5.41, 5.74) is 5.87. The van der Waals surface area contributed by atoms with Crippen LogP contribution in [-0.4, -0.2) is 35.3 Å². The number of aliphatic carboxylic acids is 1. The minimum absolute atomic E-state index is 0.254. The minimum atomic E-state index is -1.07. The third-order valence-corrected chi connectivity index (χ3v) is 3.39. The smallest absolute Gasteiger partial charge is 0.326 e. The molecular formula is C10H15N3O3S. The number of ether oxygens (including phenoxy) is 1. The zero-order valence-electron chi connectivity index (χ0n) is 9.26. The van der Waals surface area contributed by atoms with Gasteiger partial charge in [-0.05, 0) is 12.8 Å². The molecule has 1 saturated heterocycles. The summed E-state index contributed by atoms with van der Waals surface area (Å²) in [7, 11) is 0. The fourth-order valence-corrected chi connectivity index (χ4v) is 2.48. The van der Waals surface area contributed by atoms with Gasteiger partial charge in [0, 0.05) is 12.0 Å². The van der Waals surface area contributed by atoms with E-state index < -0.39 is 12.0 Å². The Balaban J connectivity index is 1.95. The summed E-state index contributed by atoms with van der Waals surface area (Å²) in [6, 6.07) is -0.798. The molecule has 0 radical (unpaired) electrons. The number of thiazole rings is 1. The Morgan fingerprint density at radius 3 is 3.24 bits per heavy atom. The molecule has 94 valence electrons. The average Bonchev–Trinajstić information content (AvgIpc) is 2.77. The highest BCUT2D eigenvalue weighted by Crippen LogP contribution is 2.22. The minimum Gasteiger partial charge on any atom is -0.480 e. The Hall–Kier alpha value is -1.18. The van der Waals surface area contributed by atoms with Crippen molar-refractivity contribution in [2.75, 3.05) is 18.5 Å². The molecule has 6 nitrogen and oxygen atoms in total. The fourth-order valence-electron chi connectivity index (χ4n) is 1.65. The van der Waals surface area contributed by atoms with Gasteiger partial charge in [0.25, 0.3) is 0 Å². The van der Waals surface area contributed by atoms with Crippen LogP contribution in [0.4, 0.5) is 5.13 Å². The van der Waals surface area contributed by atoms with Crippen LogP contribution in [0.25, 0.3) is 0 Å². The Kier molecular flexibility index (Phi) is 3.93. The molecule has 1 aromatic heterocycles. The highest BCUT2D eigenvalue weighted by molar-refractivity contribution is 7.13. The Bertz CT molecular complexity index is 390. The van der Waals surface area contributed by atoms with E-state index in [1.54, 1.807) is 5.38 Å². The third kappa shape index (κ3) is 3.15. The molecule has 2 rings (SSSR count). The first-order chi connectivity index (χ1) is 8.16. The molecule has 1 aliphatic rings. The monoisotopic (exact) mass is 257 g/mol. The number of carboxylic acid groups (broad SMARTS) is 1. The van der Waals surface area contributed by atoms with Crippen LogP contribution in [0, 0.1) is 0 Å². The van der Waals surface area contributed by atoms with E-state index in [9.17, 15) is 4.79 Å². The molecule has 2 heterocycles. The van der Waals surface area contributed by atoms with Crippen LogP contribution < -0.4 is 11.1 Å². The van der Waals surface area contributed by atoms with Crippen molar-refractivity contribution in [3.05, 3.63) is 11.1 Å². The largest absolute Gasteiger partial charge is 0.480 e. The summed E-state index contributed by atoms with van der Waals surface area (Å²) in [6.07, 6.45) is 2.07. The standard InChI is InChI=1S/C10H15N3O3S/c11-8(9(14)15)7-5-17-10(13-7)12-6-2-1-3-16-4-6/h5-6,8H,1-4,11H2,(H,12,13)(H,14,15). The van der Waals surface area contributed by atoms with Crippen molar-refractivity contribution >= 4 is 22.4 Å². The van der Waals surface area contributed by atoms with Gasteiger partial charge >= 0.3 is 5.97 Å². The van der Waals surface area contributed by atoms with Gasteiger partial charge in [0.05, 0.1) is 18.3 Å². The highest BCUT2D eigenvalue weighted by Gasteiger charge is 2.19. The quantitative estimate of drug-likeness (QED) is 0.738. The van der Waals surface area contributed by atoms with Crippen LogP contribution in [0.5, 0.6) is 0 Å². The number of carboxylic acids is 1. The predicted molar refractivity (Wildman–Crippen MR) is 64.1 cm³/mol. The lowest BCUT2D eigenvalue weighted by Crippen LogP contribution is -2.30. The van der Waals surface area contributed by atoms with Crippen molar-refractivity contribution in [1.82, 2.24) is 4.98 Å². The molecule has 0 saturated carbocycles. The summed E-state index contributed by atoms with van der Waals surface area (Å²) in [5.74, 6) is -1.07. The SMILES string of the molecule is NC(C(=O)O)c1csc(NC2CCCOC2)n1. The molecule has 1 aliphatic heterocycles. The number of aromatic nitrogens is 1. The van der Waals surface area contributed by atoms with E-state index in [0.29, 0.717) is 17.4 Å². The van der Waals surface area contributed by atoms with Crippen molar-refractivity contribution in [3.8, 4) is 0 Å². The molecule has 2 unspecified atom stereocenters. The normalized spacial score (nSPS) is 22.1. The Morgan fingerprint density at radius 2 is 2.59 bits per heavy atom. The molecule has 1 aromatic rings. The molecular weight excluding hydrogens is 242 g/mol. The van der Waals surface area contributed by atoms with E-state index in [2.05, 4.69) is 10.3 Å². The Labute approximate surface area is 103 Å². The number of nitrogens with zero attached hydrogens (tertiary/aromatic N) is 1. The van der Waals surface area contributed by atoms with E-state index in [0.717, 1.165) is 19.4 Å². The van der Waals surface area contributed by atoms with Crippen molar-refractivity contribution in [2.24, 2.45) is 5.73 Å². The van der Waals surface area contributed by atoms with Crippen LogP contribution in [0.15, 0.2) is 5.38 Å². The van der Waals surface area contributed by atoms with E-state index in [1.165, 1.54) is 11.3 Å². The number of hydrogen-bond acceptors (Lipinski definition) is 6. The highest BCUT2D eigenvalue weighted by atomic mass is 32.1. The first-order valence-electron chi connectivity index (χ1n) is 5.45. The molecule has 0 spiro atoms. The average molecular weight is 257 g/mol. The van der Waals surface area contributed by atoms with Gasteiger partial charge in [-0.15, -0.1) is 11.3 Å². The van der Waals surface area contributed by atoms with Gasteiger partial charge in [-0.3, -0.25) is 4.79 Å². The summed E-state index contributed by atoms with van der Waals surface area (Å²) in [6.45, 7) is 1.48. The van der Waals surface area contributed by atoms with Crippen molar-refractivity contribution in [1.29, 1.82) is 0 Å². The molecule has 0 aromatic carbocycles. The zero-order chi connectivity index (χ0) is 12.3. The van der Waals surface area contributed by atoms with Crippen molar-refractivity contribution < 1.29 is 14.6 Å². The lowest BCUT2D eigenvalue weighted by atomic mass is 10.1. The van der Waals surface area contributed by atoms with Crippen LogP contribution in [0.3, 0.4) is 0 Å². The lowest BCUT2D eigenvalue weighted by molar-refractivity contribution is -0.138. The predicted octanol–water partition coefficient (Wildman–Crippen LogP) is 0.818. The number of anilines is 1. The summed E-state index contributed by atoms with van der Waals surface area (Å²) >= 11 is 1.37. The van der Waals surface area contributed by atoms with Gasteiger partial charge in [-0.25, -0.2) is 4.98 Å². The number of rotatable bonds is 4. The van der Waals surface area contributed by atoms with Gasteiger partial charge in [0.15, 0.2) is 5.13 Å². The van der Waals surface area contributed by atoms with Crippen molar-refractivity contribution in [2.45, 2.75) is 24.9 Å². The van der Waals surface area contributed by atoms with Crippen LogP contribution >= 0.6 is 11.3 Å². The van der Waals surface area contributed by atoms with Gasteiger partial charge in [-0.2, -0.15) is 0 Å². The molecule has 4 N–H and O–H groups in total.